The Morgan fingerprint density at radius 3 is 2.93 bits per heavy atom. The van der Waals surface area contributed by atoms with Gasteiger partial charge in [0, 0.05) is 39.1 Å². The zero-order chi connectivity index (χ0) is 11.3. The quantitative estimate of drug-likeness (QED) is 0.519. The van der Waals surface area contributed by atoms with Gasteiger partial charge in [0.2, 0.25) is 0 Å². The zero-order valence-corrected chi connectivity index (χ0v) is 9.39. The van der Waals surface area contributed by atoms with Crippen molar-refractivity contribution in [2.45, 2.75) is 19.4 Å². The molecule has 0 aromatic rings. The van der Waals surface area contributed by atoms with Gasteiger partial charge in [-0.2, -0.15) is 0 Å². The Labute approximate surface area is 90.3 Å². The second-order valence-corrected chi connectivity index (χ2v) is 4.11. The minimum absolute atomic E-state index is 0.262. The van der Waals surface area contributed by atoms with Crippen LogP contribution in [0.3, 0.4) is 0 Å². The summed E-state index contributed by atoms with van der Waals surface area (Å²) in [6.45, 7) is 4.69. The van der Waals surface area contributed by atoms with Crippen molar-refractivity contribution in [3.63, 3.8) is 0 Å². The Hall–Kier alpha value is -0.650. The maximum absolute atomic E-state index is 9.56. The number of methoxy groups -OCH3 is 1. The molecule has 0 amide bonds. The molecular weight excluding hydrogens is 196 g/mol. The number of hydrogen-bond acceptors (Lipinski definition) is 5. The highest BCUT2D eigenvalue weighted by molar-refractivity contribution is 5.86. The molecule has 0 spiro atoms. The standard InChI is InChI=1S/C10H20N2O3/c1-8-5-12(4-3-10(8)11-14)6-9(13)7-15-2/h8-9,13-14H,3-7H2,1-2H3. The first-order valence-corrected chi connectivity index (χ1v) is 5.27. The molecule has 1 aliphatic heterocycles. The van der Waals surface area contributed by atoms with Crippen LogP contribution in [0.4, 0.5) is 0 Å². The Bertz CT molecular complexity index is 221. The fourth-order valence-electron chi connectivity index (χ4n) is 1.96. The van der Waals surface area contributed by atoms with Gasteiger partial charge in [-0.3, -0.25) is 4.90 Å². The van der Waals surface area contributed by atoms with Crippen LogP contribution >= 0.6 is 0 Å². The van der Waals surface area contributed by atoms with Crippen molar-refractivity contribution in [1.29, 1.82) is 0 Å². The number of hydrogen-bond donors (Lipinski definition) is 2. The summed E-state index contributed by atoms with van der Waals surface area (Å²) in [5, 5.41) is 21.6. The summed E-state index contributed by atoms with van der Waals surface area (Å²) < 4.78 is 4.87. The highest BCUT2D eigenvalue weighted by Crippen LogP contribution is 2.13. The number of β-amino-alcohol motifs (C(OH)–C–C–N with tert-alkyl or cyclic N) is 1. The maximum Gasteiger partial charge on any atom is 0.0900 e. The number of nitrogens with zero attached hydrogens (tertiary/aromatic N) is 2. The lowest BCUT2D eigenvalue weighted by atomic mass is 9.97. The average molecular weight is 216 g/mol. The Morgan fingerprint density at radius 1 is 1.67 bits per heavy atom. The summed E-state index contributed by atoms with van der Waals surface area (Å²) in [5.41, 5.74) is 0.854. The Morgan fingerprint density at radius 2 is 2.40 bits per heavy atom. The van der Waals surface area contributed by atoms with Crippen LogP contribution in [0.1, 0.15) is 13.3 Å². The molecule has 15 heavy (non-hydrogen) atoms. The molecule has 0 aliphatic carbocycles. The van der Waals surface area contributed by atoms with Crippen LogP contribution in [0.5, 0.6) is 0 Å². The number of likely N-dealkylation sites (tertiary alicyclic amines) is 1. The van der Waals surface area contributed by atoms with Gasteiger partial charge in [-0.1, -0.05) is 12.1 Å². The lowest BCUT2D eigenvalue weighted by Gasteiger charge is -2.32. The summed E-state index contributed by atoms with van der Waals surface area (Å²) in [6.07, 6.45) is 0.340. The van der Waals surface area contributed by atoms with Gasteiger partial charge in [-0.15, -0.1) is 0 Å². The highest BCUT2D eigenvalue weighted by Gasteiger charge is 2.23. The van der Waals surface area contributed by atoms with E-state index in [2.05, 4.69) is 10.1 Å². The molecule has 1 fully saturated rings. The summed E-state index contributed by atoms with van der Waals surface area (Å²) in [7, 11) is 1.58. The molecule has 5 nitrogen and oxygen atoms in total. The van der Waals surface area contributed by atoms with E-state index in [0.29, 0.717) is 13.2 Å². The third kappa shape index (κ3) is 3.77. The van der Waals surface area contributed by atoms with Crippen molar-refractivity contribution in [2.75, 3.05) is 33.4 Å². The van der Waals surface area contributed by atoms with Crippen molar-refractivity contribution in [3.8, 4) is 0 Å². The minimum Gasteiger partial charge on any atom is -0.411 e. The number of aliphatic hydroxyl groups excluding tert-OH is 1. The van der Waals surface area contributed by atoms with E-state index in [0.717, 1.165) is 25.2 Å². The van der Waals surface area contributed by atoms with Crippen LogP contribution in [0.15, 0.2) is 5.16 Å². The minimum atomic E-state index is -0.435. The van der Waals surface area contributed by atoms with E-state index in [-0.39, 0.29) is 5.92 Å². The second kappa shape index (κ2) is 6.05. The summed E-state index contributed by atoms with van der Waals surface area (Å²) >= 11 is 0. The van der Waals surface area contributed by atoms with Crippen molar-refractivity contribution in [1.82, 2.24) is 4.90 Å². The molecule has 1 aliphatic rings. The second-order valence-electron chi connectivity index (χ2n) is 4.11. The highest BCUT2D eigenvalue weighted by atomic mass is 16.5. The van der Waals surface area contributed by atoms with E-state index < -0.39 is 6.10 Å². The molecule has 88 valence electrons. The molecule has 2 unspecified atom stereocenters. The van der Waals surface area contributed by atoms with Crippen molar-refractivity contribution in [2.24, 2.45) is 11.1 Å². The van der Waals surface area contributed by atoms with Gasteiger partial charge < -0.3 is 15.1 Å². The predicted molar refractivity (Wildman–Crippen MR) is 57.3 cm³/mol. The summed E-state index contributed by atoms with van der Waals surface area (Å²) in [4.78, 5) is 2.17. The monoisotopic (exact) mass is 216 g/mol. The van der Waals surface area contributed by atoms with E-state index in [1.54, 1.807) is 7.11 Å². The van der Waals surface area contributed by atoms with Crippen LogP contribution in [-0.4, -0.2) is 60.4 Å². The lowest BCUT2D eigenvalue weighted by molar-refractivity contribution is 0.0348. The number of ether oxygens (including phenoxy) is 1. The molecule has 1 saturated heterocycles. The van der Waals surface area contributed by atoms with Crippen molar-refractivity contribution >= 4 is 5.71 Å². The molecule has 2 N–H and O–H groups in total. The van der Waals surface area contributed by atoms with Gasteiger partial charge in [-0.25, -0.2) is 0 Å². The molecule has 0 aromatic carbocycles. The van der Waals surface area contributed by atoms with Gasteiger partial charge >= 0.3 is 0 Å². The van der Waals surface area contributed by atoms with Crippen LogP contribution < -0.4 is 0 Å². The molecule has 0 saturated carbocycles. The van der Waals surface area contributed by atoms with Gasteiger partial charge in [0.15, 0.2) is 0 Å². The van der Waals surface area contributed by atoms with Gasteiger partial charge in [0.1, 0.15) is 0 Å². The number of piperidine rings is 1. The average Bonchev–Trinajstić information content (AvgIpc) is 2.18. The SMILES string of the molecule is COCC(O)CN1CCC(=NO)C(C)C1. The molecule has 1 heterocycles. The molecule has 0 radical (unpaired) electrons. The van der Waals surface area contributed by atoms with E-state index >= 15 is 0 Å². The Kier molecular flexibility index (Phi) is 5.01. The smallest absolute Gasteiger partial charge is 0.0900 e. The predicted octanol–water partition coefficient (Wildman–Crippen LogP) is 0.166. The largest absolute Gasteiger partial charge is 0.411 e. The fourth-order valence-corrected chi connectivity index (χ4v) is 1.96. The van der Waals surface area contributed by atoms with Crippen LogP contribution in [-0.2, 0) is 4.74 Å². The first-order chi connectivity index (χ1) is 7.17. The molecular formula is C10H20N2O3. The molecule has 1 rings (SSSR count). The molecule has 0 bridgehead atoms. The van der Waals surface area contributed by atoms with E-state index in [4.69, 9.17) is 9.94 Å². The van der Waals surface area contributed by atoms with Gasteiger partial charge in [0.05, 0.1) is 18.4 Å². The van der Waals surface area contributed by atoms with Gasteiger partial charge in [-0.05, 0) is 0 Å². The summed E-state index contributed by atoms with van der Waals surface area (Å²) in [6, 6.07) is 0. The van der Waals surface area contributed by atoms with E-state index in [1.807, 2.05) is 6.92 Å². The fraction of sp³-hybridized carbons (Fsp3) is 0.900. The van der Waals surface area contributed by atoms with Crippen LogP contribution in [0.25, 0.3) is 0 Å². The van der Waals surface area contributed by atoms with Gasteiger partial charge in [0.25, 0.3) is 0 Å². The molecule has 0 aromatic heterocycles. The third-order valence-electron chi connectivity index (χ3n) is 2.74. The topological polar surface area (TPSA) is 65.3 Å². The number of rotatable bonds is 4. The van der Waals surface area contributed by atoms with Crippen LogP contribution in [0, 0.1) is 5.92 Å². The molecule has 2 atom stereocenters. The zero-order valence-electron chi connectivity index (χ0n) is 9.39. The Balaban J connectivity index is 2.34. The number of oxime groups is 1. The first-order valence-electron chi connectivity index (χ1n) is 5.27. The van der Waals surface area contributed by atoms with Crippen molar-refractivity contribution < 1.29 is 15.1 Å². The van der Waals surface area contributed by atoms with Crippen LogP contribution in [0.2, 0.25) is 0 Å². The maximum atomic E-state index is 9.56. The number of aliphatic hydroxyl groups is 1. The lowest BCUT2D eigenvalue weighted by Crippen LogP contribution is -2.44. The first kappa shape index (κ1) is 12.4. The molecule has 5 heteroatoms. The summed E-state index contributed by atoms with van der Waals surface area (Å²) in [5.74, 6) is 0.262. The third-order valence-corrected chi connectivity index (χ3v) is 2.74. The van der Waals surface area contributed by atoms with Crippen molar-refractivity contribution in [3.05, 3.63) is 0 Å². The van der Waals surface area contributed by atoms with E-state index in [9.17, 15) is 5.11 Å². The van der Waals surface area contributed by atoms with E-state index in [1.165, 1.54) is 0 Å². The normalized spacial score (nSPS) is 28.2.